The Labute approximate surface area is 123 Å². The number of phenols is 1. The second-order valence-corrected chi connectivity index (χ2v) is 4.53. The van der Waals surface area contributed by atoms with Crippen molar-refractivity contribution >= 4 is 6.03 Å². The highest BCUT2D eigenvalue weighted by molar-refractivity contribution is 5.73. The summed E-state index contributed by atoms with van der Waals surface area (Å²) in [6.45, 7) is 0.836. The van der Waals surface area contributed by atoms with Crippen LogP contribution in [0.4, 0.5) is 4.79 Å². The van der Waals surface area contributed by atoms with E-state index >= 15 is 0 Å². The number of aromatic hydroxyl groups is 1. The molecule has 0 saturated heterocycles. The summed E-state index contributed by atoms with van der Waals surface area (Å²) in [7, 11) is 1.48. The molecule has 2 aromatic rings. The fraction of sp³-hybridized carbons (Fsp3) is 0.188. The van der Waals surface area contributed by atoms with Crippen molar-refractivity contribution in [3.05, 3.63) is 59.7 Å². The van der Waals surface area contributed by atoms with E-state index < -0.39 is 0 Å². The molecule has 2 rings (SSSR count). The van der Waals surface area contributed by atoms with Crippen molar-refractivity contribution in [3.8, 4) is 11.5 Å². The predicted molar refractivity (Wildman–Crippen MR) is 80.2 cm³/mol. The van der Waals surface area contributed by atoms with Crippen LogP contribution in [0.1, 0.15) is 11.1 Å². The van der Waals surface area contributed by atoms with Gasteiger partial charge in [-0.15, -0.1) is 0 Å². The summed E-state index contributed by atoms with van der Waals surface area (Å²) in [5.74, 6) is 0.466. The third-order valence-corrected chi connectivity index (χ3v) is 2.99. The Balaban J connectivity index is 1.81. The van der Waals surface area contributed by atoms with Gasteiger partial charge in [-0.1, -0.05) is 36.4 Å². The second-order valence-electron chi connectivity index (χ2n) is 4.53. The van der Waals surface area contributed by atoms with Crippen LogP contribution >= 0.6 is 0 Å². The molecule has 0 aliphatic carbocycles. The fourth-order valence-corrected chi connectivity index (χ4v) is 1.86. The van der Waals surface area contributed by atoms with Crippen LogP contribution in [0.5, 0.6) is 11.5 Å². The van der Waals surface area contributed by atoms with Gasteiger partial charge in [0.05, 0.1) is 7.11 Å². The molecule has 5 heteroatoms. The van der Waals surface area contributed by atoms with Gasteiger partial charge < -0.3 is 20.5 Å². The molecule has 0 aliphatic rings. The highest BCUT2D eigenvalue weighted by Crippen LogP contribution is 2.26. The van der Waals surface area contributed by atoms with Crippen LogP contribution < -0.4 is 15.4 Å². The third kappa shape index (κ3) is 4.42. The van der Waals surface area contributed by atoms with Crippen molar-refractivity contribution in [1.82, 2.24) is 10.6 Å². The van der Waals surface area contributed by atoms with Crippen molar-refractivity contribution in [2.24, 2.45) is 0 Å². The van der Waals surface area contributed by atoms with Gasteiger partial charge in [-0.2, -0.15) is 0 Å². The number of carbonyl (C=O) groups is 1. The number of hydrogen-bond donors (Lipinski definition) is 3. The molecular weight excluding hydrogens is 268 g/mol. The van der Waals surface area contributed by atoms with Crippen molar-refractivity contribution in [2.75, 3.05) is 7.11 Å². The summed E-state index contributed by atoms with van der Waals surface area (Å²) in [6, 6.07) is 14.4. The number of benzene rings is 2. The van der Waals surface area contributed by atoms with Gasteiger partial charge in [0.15, 0.2) is 11.5 Å². The molecule has 21 heavy (non-hydrogen) atoms. The number of carbonyl (C=O) groups excluding carboxylic acids is 1. The first-order valence-electron chi connectivity index (χ1n) is 6.60. The van der Waals surface area contributed by atoms with Gasteiger partial charge in [-0.3, -0.25) is 0 Å². The van der Waals surface area contributed by atoms with Crippen molar-refractivity contribution in [2.45, 2.75) is 13.1 Å². The largest absolute Gasteiger partial charge is 0.504 e. The van der Waals surface area contributed by atoms with E-state index in [2.05, 4.69) is 10.6 Å². The minimum Gasteiger partial charge on any atom is -0.504 e. The average molecular weight is 286 g/mol. The number of nitrogens with one attached hydrogen (secondary N) is 2. The molecule has 0 fully saturated rings. The number of urea groups is 1. The zero-order valence-corrected chi connectivity index (χ0v) is 11.8. The predicted octanol–water partition coefficient (Wildman–Crippen LogP) is 2.40. The van der Waals surface area contributed by atoms with Crippen molar-refractivity contribution < 1.29 is 14.6 Å². The number of methoxy groups -OCH3 is 1. The summed E-state index contributed by atoms with van der Waals surface area (Å²) in [6.07, 6.45) is 0. The summed E-state index contributed by atoms with van der Waals surface area (Å²) in [5, 5.41) is 15.0. The molecule has 0 spiro atoms. The minimum atomic E-state index is -0.245. The molecule has 0 radical (unpaired) electrons. The second kappa shape index (κ2) is 7.19. The van der Waals surface area contributed by atoms with Gasteiger partial charge in [0.1, 0.15) is 0 Å². The summed E-state index contributed by atoms with van der Waals surface area (Å²) >= 11 is 0. The van der Waals surface area contributed by atoms with Crippen LogP contribution in [0.15, 0.2) is 48.5 Å². The summed E-state index contributed by atoms with van der Waals surface area (Å²) in [4.78, 5) is 11.7. The molecule has 0 bridgehead atoms. The SMILES string of the molecule is COc1cc(CNC(=O)NCc2ccccc2)ccc1O. The maximum absolute atomic E-state index is 11.7. The molecule has 0 unspecified atom stereocenters. The van der Waals surface area contributed by atoms with Crippen LogP contribution in [0.2, 0.25) is 0 Å². The van der Waals surface area contributed by atoms with Crippen LogP contribution in [0, 0.1) is 0 Å². The first kappa shape index (κ1) is 14.7. The van der Waals surface area contributed by atoms with E-state index in [0.29, 0.717) is 18.8 Å². The van der Waals surface area contributed by atoms with E-state index in [4.69, 9.17) is 4.74 Å². The molecule has 5 nitrogen and oxygen atoms in total. The smallest absolute Gasteiger partial charge is 0.315 e. The molecule has 2 aromatic carbocycles. The van der Waals surface area contributed by atoms with Crippen molar-refractivity contribution in [1.29, 1.82) is 0 Å². The number of ether oxygens (including phenoxy) is 1. The zero-order chi connectivity index (χ0) is 15.1. The Hall–Kier alpha value is -2.69. The van der Waals surface area contributed by atoms with E-state index in [1.54, 1.807) is 12.1 Å². The van der Waals surface area contributed by atoms with Gasteiger partial charge in [-0.05, 0) is 23.3 Å². The van der Waals surface area contributed by atoms with E-state index in [0.717, 1.165) is 11.1 Å². The Morgan fingerprint density at radius 1 is 1.05 bits per heavy atom. The topological polar surface area (TPSA) is 70.6 Å². The Morgan fingerprint density at radius 3 is 2.38 bits per heavy atom. The first-order valence-corrected chi connectivity index (χ1v) is 6.60. The highest BCUT2D eigenvalue weighted by Gasteiger charge is 2.04. The quantitative estimate of drug-likeness (QED) is 0.790. The fourth-order valence-electron chi connectivity index (χ4n) is 1.86. The molecule has 110 valence electrons. The van der Waals surface area contributed by atoms with Gasteiger partial charge >= 0.3 is 6.03 Å². The lowest BCUT2D eigenvalue weighted by Gasteiger charge is -2.09. The van der Waals surface area contributed by atoms with E-state index in [-0.39, 0.29) is 11.8 Å². The lowest BCUT2D eigenvalue weighted by Crippen LogP contribution is -2.34. The lowest BCUT2D eigenvalue weighted by atomic mass is 10.2. The first-order chi connectivity index (χ1) is 10.2. The third-order valence-electron chi connectivity index (χ3n) is 2.99. The molecule has 0 aliphatic heterocycles. The monoisotopic (exact) mass is 286 g/mol. The minimum absolute atomic E-state index is 0.0785. The number of rotatable bonds is 5. The molecule has 0 atom stereocenters. The zero-order valence-electron chi connectivity index (χ0n) is 11.8. The number of hydrogen-bond acceptors (Lipinski definition) is 3. The molecule has 3 N–H and O–H groups in total. The van der Waals surface area contributed by atoms with E-state index in [1.807, 2.05) is 30.3 Å². The molecule has 0 aromatic heterocycles. The lowest BCUT2D eigenvalue weighted by molar-refractivity contribution is 0.240. The average Bonchev–Trinajstić information content (AvgIpc) is 2.53. The van der Waals surface area contributed by atoms with Gasteiger partial charge in [0.25, 0.3) is 0 Å². The Morgan fingerprint density at radius 2 is 1.71 bits per heavy atom. The van der Waals surface area contributed by atoms with Crippen LogP contribution in [0.3, 0.4) is 0 Å². The summed E-state index contributed by atoms with van der Waals surface area (Å²) in [5.41, 5.74) is 1.89. The molecular formula is C16H18N2O3. The Bertz CT molecular complexity index is 600. The van der Waals surface area contributed by atoms with E-state index in [9.17, 15) is 9.90 Å². The van der Waals surface area contributed by atoms with Crippen LogP contribution in [0.25, 0.3) is 0 Å². The van der Waals surface area contributed by atoms with Crippen LogP contribution in [-0.4, -0.2) is 18.2 Å². The highest BCUT2D eigenvalue weighted by atomic mass is 16.5. The van der Waals surface area contributed by atoms with Crippen LogP contribution in [-0.2, 0) is 13.1 Å². The molecule has 0 heterocycles. The Kier molecular flexibility index (Phi) is 5.04. The normalized spacial score (nSPS) is 9.95. The molecule has 0 saturated carbocycles. The van der Waals surface area contributed by atoms with Gasteiger partial charge in [0.2, 0.25) is 0 Å². The van der Waals surface area contributed by atoms with Gasteiger partial charge in [-0.25, -0.2) is 4.79 Å². The standard InChI is InChI=1S/C16H18N2O3/c1-21-15-9-13(7-8-14(15)19)11-18-16(20)17-10-12-5-3-2-4-6-12/h2-9,19H,10-11H2,1H3,(H2,17,18,20). The number of amides is 2. The van der Waals surface area contributed by atoms with Crippen molar-refractivity contribution in [3.63, 3.8) is 0 Å². The maximum atomic E-state index is 11.7. The summed E-state index contributed by atoms with van der Waals surface area (Å²) < 4.78 is 5.02. The van der Waals surface area contributed by atoms with Gasteiger partial charge in [0, 0.05) is 13.1 Å². The maximum Gasteiger partial charge on any atom is 0.315 e. The number of phenolic OH excluding ortho intramolecular Hbond substituents is 1. The van der Waals surface area contributed by atoms with E-state index in [1.165, 1.54) is 13.2 Å². The molecule has 2 amide bonds.